The first-order chi connectivity index (χ1) is 9.95. The average molecular weight is 286 g/mol. The van der Waals surface area contributed by atoms with Crippen LogP contribution in [0.2, 0.25) is 0 Å². The Morgan fingerprint density at radius 2 is 1.95 bits per heavy atom. The Morgan fingerprint density at radius 3 is 2.57 bits per heavy atom. The number of nitrogens with one attached hydrogen (secondary N) is 1. The third-order valence-corrected chi connectivity index (χ3v) is 3.84. The van der Waals surface area contributed by atoms with Gasteiger partial charge in [0.15, 0.2) is 0 Å². The largest absolute Gasteiger partial charge is 0.345 e. The predicted octanol–water partition coefficient (Wildman–Crippen LogP) is 2.97. The van der Waals surface area contributed by atoms with Crippen LogP contribution in [0.3, 0.4) is 0 Å². The molecule has 0 aliphatic rings. The number of aromatic amines is 1. The Bertz CT molecular complexity index is 574. The molecule has 4 heteroatoms. The maximum absolute atomic E-state index is 4.36. The zero-order chi connectivity index (χ0) is 15.4. The van der Waals surface area contributed by atoms with Gasteiger partial charge < -0.3 is 9.88 Å². The summed E-state index contributed by atoms with van der Waals surface area (Å²) in [5.41, 5.74) is 3.81. The smallest absolute Gasteiger partial charge is 0.120 e. The van der Waals surface area contributed by atoms with Gasteiger partial charge in [0.1, 0.15) is 5.82 Å². The normalized spacial score (nSPS) is 13.1. The summed E-state index contributed by atoms with van der Waals surface area (Å²) in [7, 11) is 6.35. The van der Waals surface area contributed by atoms with Crippen LogP contribution >= 0.6 is 0 Å². The molecule has 1 atom stereocenters. The average Bonchev–Trinajstić information content (AvgIpc) is 2.83. The van der Waals surface area contributed by atoms with Gasteiger partial charge in [0.25, 0.3) is 0 Å². The summed E-state index contributed by atoms with van der Waals surface area (Å²) >= 11 is 0. The summed E-state index contributed by atoms with van der Waals surface area (Å²) in [5, 5.41) is 0. The number of benzene rings is 1. The number of nitrogens with zero attached hydrogens (tertiary/aromatic N) is 3. The van der Waals surface area contributed by atoms with Crippen molar-refractivity contribution in [2.75, 3.05) is 21.1 Å². The van der Waals surface area contributed by atoms with E-state index in [1.807, 2.05) is 13.1 Å². The van der Waals surface area contributed by atoms with E-state index in [0.29, 0.717) is 6.04 Å². The zero-order valence-corrected chi connectivity index (χ0v) is 13.7. The molecule has 1 N–H and O–H groups in total. The van der Waals surface area contributed by atoms with Gasteiger partial charge in [0.05, 0.1) is 6.54 Å². The van der Waals surface area contributed by atoms with E-state index in [2.05, 4.69) is 72.1 Å². The highest BCUT2D eigenvalue weighted by atomic mass is 15.1. The molecule has 0 aliphatic carbocycles. The minimum Gasteiger partial charge on any atom is -0.345 e. The van der Waals surface area contributed by atoms with Crippen molar-refractivity contribution in [2.45, 2.75) is 33.0 Å². The van der Waals surface area contributed by atoms with Crippen LogP contribution in [0, 0.1) is 6.92 Å². The Kier molecular flexibility index (Phi) is 5.15. The van der Waals surface area contributed by atoms with Gasteiger partial charge in [0.2, 0.25) is 0 Å². The van der Waals surface area contributed by atoms with E-state index in [1.54, 1.807) is 0 Å². The van der Waals surface area contributed by atoms with Crippen molar-refractivity contribution in [3.05, 3.63) is 53.1 Å². The van der Waals surface area contributed by atoms with Crippen molar-refractivity contribution in [3.8, 4) is 0 Å². The Balaban J connectivity index is 2.00. The van der Waals surface area contributed by atoms with Gasteiger partial charge in [-0.05, 0) is 46.1 Å². The number of aryl methyl sites for hydroxylation is 1. The van der Waals surface area contributed by atoms with Crippen molar-refractivity contribution in [1.82, 2.24) is 19.8 Å². The number of hydrogen-bond donors (Lipinski definition) is 1. The van der Waals surface area contributed by atoms with Gasteiger partial charge in [-0.15, -0.1) is 0 Å². The fraction of sp³-hybridized carbons (Fsp3) is 0.471. The van der Waals surface area contributed by atoms with Crippen LogP contribution in [0.4, 0.5) is 0 Å². The molecule has 0 bridgehead atoms. The summed E-state index contributed by atoms with van der Waals surface area (Å²) < 4.78 is 0. The number of H-pyrrole nitrogens is 1. The lowest BCUT2D eigenvalue weighted by Gasteiger charge is -2.21. The third kappa shape index (κ3) is 4.41. The summed E-state index contributed by atoms with van der Waals surface area (Å²) in [6.07, 6.45) is 1.88. The molecule has 0 fully saturated rings. The molecule has 1 aromatic heterocycles. The molecule has 21 heavy (non-hydrogen) atoms. The maximum Gasteiger partial charge on any atom is 0.120 e. The molecule has 1 aromatic carbocycles. The summed E-state index contributed by atoms with van der Waals surface area (Å²) in [6.45, 7) is 6.02. The summed E-state index contributed by atoms with van der Waals surface area (Å²) in [5.74, 6) is 1.02. The van der Waals surface area contributed by atoms with Gasteiger partial charge in [-0.2, -0.15) is 0 Å². The fourth-order valence-corrected chi connectivity index (χ4v) is 2.42. The minimum absolute atomic E-state index is 0.433. The van der Waals surface area contributed by atoms with Crippen molar-refractivity contribution >= 4 is 0 Å². The standard InChI is InChI=1S/C17H26N4/c1-13-10-18-17(19-13)12-21(5)11-15-7-6-8-16(9-15)14(2)20(3)4/h6-10,14H,11-12H2,1-5H3,(H,18,19)/t14-/m0/s1. The molecule has 4 nitrogen and oxygen atoms in total. The van der Waals surface area contributed by atoms with E-state index in [9.17, 15) is 0 Å². The first kappa shape index (κ1) is 15.7. The van der Waals surface area contributed by atoms with Crippen LogP contribution in [0.5, 0.6) is 0 Å². The zero-order valence-electron chi connectivity index (χ0n) is 13.7. The molecule has 2 aromatic rings. The topological polar surface area (TPSA) is 35.2 Å². The predicted molar refractivity (Wildman–Crippen MR) is 87.0 cm³/mol. The van der Waals surface area contributed by atoms with E-state index in [1.165, 1.54) is 11.1 Å². The number of imidazole rings is 1. The fourth-order valence-electron chi connectivity index (χ4n) is 2.42. The van der Waals surface area contributed by atoms with Crippen LogP contribution in [0.1, 0.15) is 35.6 Å². The monoisotopic (exact) mass is 286 g/mol. The van der Waals surface area contributed by atoms with Crippen LogP contribution in [-0.4, -0.2) is 40.9 Å². The number of hydrogen-bond acceptors (Lipinski definition) is 3. The van der Waals surface area contributed by atoms with E-state index in [4.69, 9.17) is 0 Å². The van der Waals surface area contributed by atoms with Crippen molar-refractivity contribution < 1.29 is 0 Å². The first-order valence-corrected chi connectivity index (χ1v) is 7.40. The SMILES string of the molecule is Cc1cnc(CN(C)Cc2cccc([C@H](C)N(C)C)c2)[nH]1. The number of rotatable bonds is 6. The van der Waals surface area contributed by atoms with E-state index >= 15 is 0 Å². The summed E-state index contributed by atoms with van der Waals surface area (Å²) in [4.78, 5) is 12.1. The molecular formula is C17H26N4. The van der Waals surface area contributed by atoms with Gasteiger partial charge in [0, 0.05) is 24.5 Å². The molecule has 1 heterocycles. The minimum atomic E-state index is 0.433. The third-order valence-electron chi connectivity index (χ3n) is 3.84. The Labute approximate surface area is 127 Å². The lowest BCUT2D eigenvalue weighted by molar-refractivity contribution is 0.308. The van der Waals surface area contributed by atoms with Crippen LogP contribution in [-0.2, 0) is 13.1 Å². The second-order valence-electron chi connectivity index (χ2n) is 6.07. The van der Waals surface area contributed by atoms with Crippen LogP contribution in [0.25, 0.3) is 0 Å². The Hall–Kier alpha value is -1.65. The molecule has 0 radical (unpaired) electrons. The molecule has 0 saturated carbocycles. The molecular weight excluding hydrogens is 260 g/mol. The highest BCUT2D eigenvalue weighted by molar-refractivity contribution is 5.25. The van der Waals surface area contributed by atoms with Crippen LogP contribution in [0.15, 0.2) is 30.5 Å². The number of aromatic nitrogens is 2. The van der Waals surface area contributed by atoms with Gasteiger partial charge in [-0.3, -0.25) is 4.90 Å². The Morgan fingerprint density at radius 1 is 1.19 bits per heavy atom. The first-order valence-electron chi connectivity index (χ1n) is 7.40. The molecule has 0 saturated heterocycles. The van der Waals surface area contributed by atoms with Crippen molar-refractivity contribution in [3.63, 3.8) is 0 Å². The molecule has 114 valence electrons. The lowest BCUT2D eigenvalue weighted by Crippen LogP contribution is -2.19. The maximum atomic E-state index is 4.36. The van der Waals surface area contributed by atoms with Gasteiger partial charge in [-0.1, -0.05) is 24.3 Å². The molecule has 2 rings (SSSR count). The van der Waals surface area contributed by atoms with Gasteiger partial charge >= 0.3 is 0 Å². The highest BCUT2D eigenvalue weighted by Gasteiger charge is 2.09. The quantitative estimate of drug-likeness (QED) is 0.886. The van der Waals surface area contributed by atoms with Crippen LogP contribution < -0.4 is 0 Å². The molecule has 0 spiro atoms. The lowest BCUT2D eigenvalue weighted by atomic mass is 10.0. The highest BCUT2D eigenvalue weighted by Crippen LogP contribution is 2.19. The van der Waals surface area contributed by atoms with Crippen molar-refractivity contribution in [2.24, 2.45) is 0 Å². The van der Waals surface area contributed by atoms with Gasteiger partial charge in [-0.25, -0.2) is 4.98 Å². The van der Waals surface area contributed by atoms with E-state index in [-0.39, 0.29) is 0 Å². The van der Waals surface area contributed by atoms with E-state index < -0.39 is 0 Å². The van der Waals surface area contributed by atoms with Crippen molar-refractivity contribution in [1.29, 1.82) is 0 Å². The summed E-state index contributed by atoms with van der Waals surface area (Å²) in [6, 6.07) is 9.27. The second kappa shape index (κ2) is 6.87. The molecule has 0 unspecified atom stereocenters. The van der Waals surface area contributed by atoms with E-state index in [0.717, 1.165) is 24.6 Å². The molecule has 0 amide bonds. The second-order valence-corrected chi connectivity index (χ2v) is 6.07. The molecule has 0 aliphatic heterocycles.